The SMILES string of the molecule is Cc1ccc(S(=O)(=O)C[C@H](O)[C@H]2CCCN2)cc1. The van der Waals surface area contributed by atoms with E-state index in [0.29, 0.717) is 0 Å². The van der Waals surface area contributed by atoms with Crippen LogP contribution in [0.25, 0.3) is 0 Å². The zero-order valence-electron chi connectivity index (χ0n) is 10.5. The van der Waals surface area contributed by atoms with E-state index < -0.39 is 15.9 Å². The second kappa shape index (κ2) is 5.38. The molecule has 0 unspecified atom stereocenters. The van der Waals surface area contributed by atoms with Crippen molar-refractivity contribution in [3.8, 4) is 0 Å². The molecule has 0 aromatic heterocycles. The standard InChI is InChI=1S/C13H19NO3S/c1-10-4-6-11(7-5-10)18(16,17)9-13(15)12-3-2-8-14-12/h4-7,12-15H,2-3,8-9H2,1H3/t12-,13+/m1/s1. The van der Waals surface area contributed by atoms with Crippen molar-refractivity contribution in [2.75, 3.05) is 12.3 Å². The van der Waals surface area contributed by atoms with Gasteiger partial charge in [0.15, 0.2) is 9.84 Å². The Balaban J connectivity index is 2.09. The van der Waals surface area contributed by atoms with Gasteiger partial charge < -0.3 is 10.4 Å². The van der Waals surface area contributed by atoms with Crippen LogP contribution >= 0.6 is 0 Å². The van der Waals surface area contributed by atoms with Crippen molar-refractivity contribution in [3.05, 3.63) is 29.8 Å². The first-order valence-corrected chi connectivity index (χ1v) is 7.85. The number of benzene rings is 1. The molecule has 100 valence electrons. The summed E-state index contributed by atoms with van der Waals surface area (Å²) in [5.41, 5.74) is 1.02. The molecule has 0 radical (unpaired) electrons. The lowest BCUT2D eigenvalue weighted by Gasteiger charge is -2.18. The third-order valence-electron chi connectivity index (χ3n) is 3.33. The average molecular weight is 269 g/mol. The first-order valence-electron chi connectivity index (χ1n) is 6.20. The van der Waals surface area contributed by atoms with Gasteiger partial charge in [0.05, 0.1) is 16.8 Å². The number of rotatable bonds is 4. The fourth-order valence-corrected chi connectivity index (χ4v) is 3.65. The van der Waals surface area contributed by atoms with Gasteiger partial charge in [-0.2, -0.15) is 0 Å². The highest BCUT2D eigenvalue weighted by Crippen LogP contribution is 2.16. The summed E-state index contributed by atoms with van der Waals surface area (Å²) in [4.78, 5) is 0.283. The highest BCUT2D eigenvalue weighted by Gasteiger charge is 2.28. The van der Waals surface area contributed by atoms with Crippen LogP contribution in [0.2, 0.25) is 0 Å². The lowest BCUT2D eigenvalue weighted by atomic mass is 10.1. The Kier molecular flexibility index (Phi) is 4.04. The molecule has 2 rings (SSSR count). The zero-order chi connectivity index (χ0) is 13.2. The van der Waals surface area contributed by atoms with Crippen LogP contribution in [0.4, 0.5) is 0 Å². The lowest BCUT2D eigenvalue weighted by molar-refractivity contribution is 0.157. The van der Waals surface area contributed by atoms with E-state index in [1.165, 1.54) is 0 Å². The Bertz CT molecular complexity index is 489. The molecule has 0 amide bonds. The van der Waals surface area contributed by atoms with Crippen molar-refractivity contribution in [1.29, 1.82) is 0 Å². The fourth-order valence-electron chi connectivity index (χ4n) is 2.22. The lowest BCUT2D eigenvalue weighted by Crippen LogP contribution is -2.39. The summed E-state index contributed by atoms with van der Waals surface area (Å²) in [7, 11) is -3.40. The number of sulfone groups is 1. The molecular weight excluding hydrogens is 250 g/mol. The summed E-state index contributed by atoms with van der Waals surface area (Å²) in [6, 6.07) is 6.64. The number of hydrogen-bond acceptors (Lipinski definition) is 4. The van der Waals surface area contributed by atoms with Crippen molar-refractivity contribution >= 4 is 9.84 Å². The minimum Gasteiger partial charge on any atom is -0.390 e. The molecule has 0 spiro atoms. The summed E-state index contributed by atoms with van der Waals surface area (Å²) in [5, 5.41) is 13.1. The van der Waals surface area contributed by atoms with Crippen LogP contribution in [-0.2, 0) is 9.84 Å². The number of aliphatic hydroxyl groups excluding tert-OH is 1. The summed E-state index contributed by atoms with van der Waals surface area (Å²) in [5.74, 6) is -0.215. The van der Waals surface area contributed by atoms with Gasteiger partial charge in [0, 0.05) is 6.04 Å². The monoisotopic (exact) mass is 269 g/mol. The maximum atomic E-state index is 12.1. The van der Waals surface area contributed by atoms with Gasteiger partial charge in [-0.25, -0.2) is 8.42 Å². The van der Waals surface area contributed by atoms with E-state index in [1.807, 2.05) is 6.92 Å². The number of hydrogen-bond donors (Lipinski definition) is 2. The Morgan fingerprint density at radius 2 is 2.06 bits per heavy atom. The molecule has 1 aromatic carbocycles. The van der Waals surface area contributed by atoms with E-state index >= 15 is 0 Å². The van der Waals surface area contributed by atoms with E-state index in [9.17, 15) is 13.5 Å². The van der Waals surface area contributed by atoms with Crippen LogP contribution < -0.4 is 5.32 Å². The molecule has 4 nitrogen and oxygen atoms in total. The van der Waals surface area contributed by atoms with Crippen LogP contribution in [0.3, 0.4) is 0 Å². The van der Waals surface area contributed by atoms with Crippen LogP contribution in [-0.4, -0.2) is 38.0 Å². The van der Waals surface area contributed by atoms with Crippen molar-refractivity contribution in [3.63, 3.8) is 0 Å². The molecule has 1 aromatic rings. The van der Waals surface area contributed by atoms with Gasteiger partial charge in [-0.05, 0) is 38.4 Å². The fraction of sp³-hybridized carbons (Fsp3) is 0.538. The Labute approximate surface area is 108 Å². The largest absolute Gasteiger partial charge is 0.390 e. The molecule has 1 aliphatic heterocycles. The highest BCUT2D eigenvalue weighted by atomic mass is 32.2. The van der Waals surface area contributed by atoms with E-state index in [0.717, 1.165) is 24.9 Å². The highest BCUT2D eigenvalue weighted by molar-refractivity contribution is 7.91. The van der Waals surface area contributed by atoms with Gasteiger partial charge in [0.2, 0.25) is 0 Å². The molecule has 2 N–H and O–H groups in total. The Morgan fingerprint density at radius 3 is 2.61 bits per heavy atom. The van der Waals surface area contributed by atoms with Crippen LogP contribution in [0.1, 0.15) is 18.4 Å². The maximum absolute atomic E-state index is 12.1. The van der Waals surface area contributed by atoms with E-state index in [-0.39, 0.29) is 16.7 Å². The van der Waals surface area contributed by atoms with Gasteiger partial charge in [-0.1, -0.05) is 17.7 Å². The number of aliphatic hydroxyl groups is 1. The molecule has 0 bridgehead atoms. The summed E-state index contributed by atoms with van der Waals surface area (Å²) in [6.07, 6.45) is 0.996. The quantitative estimate of drug-likeness (QED) is 0.851. The molecular formula is C13H19NO3S. The van der Waals surface area contributed by atoms with Crippen LogP contribution in [0.15, 0.2) is 29.2 Å². The topological polar surface area (TPSA) is 66.4 Å². The van der Waals surface area contributed by atoms with Gasteiger partial charge in [-0.15, -0.1) is 0 Å². The van der Waals surface area contributed by atoms with Gasteiger partial charge in [0.25, 0.3) is 0 Å². The molecule has 18 heavy (non-hydrogen) atoms. The Morgan fingerprint density at radius 1 is 1.39 bits per heavy atom. The number of aryl methyl sites for hydroxylation is 1. The second-order valence-corrected chi connectivity index (χ2v) is 6.90. The minimum atomic E-state index is -3.40. The first kappa shape index (κ1) is 13.5. The van der Waals surface area contributed by atoms with Crippen molar-refractivity contribution < 1.29 is 13.5 Å². The molecule has 1 saturated heterocycles. The van der Waals surface area contributed by atoms with Crippen molar-refractivity contribution in [2.24, 2.45) is 0 Å². The number of nitrogens with one attached hydrogen (secondary N) is 1. The predicted octanol–water partition coefficient (Wildman–Crippen LogP) is 0.882. The molecule has 2 atom stereocenters. The Hall–Kier alpha value is -0.910. The molecule has 1 aliphatic rings. The third-order valence-corrected chi connectivity index (χ3v) is 5.10. The molecule has 1 fully saturated rings. The second-order valence-electron chi connectivity index (χ2n) is 4.86. The smallest absolute Gasteiger partial charge is 0.180 e. The van der Waals surface area contributed by atoms with Gasteiger partial charge in [0.1, 0.15) is 0 Å². The first-order chi connectivity index (χ1) is 8.49. The predicted molar refractivity (Wildman–Crippen MR) is 70.3 cm³/mol. The minimum absolute atomic E-state index is 0.0924. The zero-order valence-corrected chi connectivity index (χ0v) is 11.3. The average Bonchev–Trinajstić information content (AvgIpc) is 2.82. The van der Waals surface area contributed by atoms with E-state index in [4.69, 9.17) is 0 Å². The molecule has 1 heterocycles. The summed E-state index contributed by atoms with van der Waals surface area (Å²) < 4.78 is 24.2. The normalized spacial score (nSPS) is 22.0. The molecule has 5 heteroatoms. The van der Waals surface area contributed by atoms with Crippen LogP contribution in [0.5, 0.6) is 0 Å². The summed E-state index contributed by atoms with van der Waals surface area (Å²) in [6.45, 7) is 2.76. The van der Waals surface area contributed by atoms with Gasteiger partial charge >= 0.3 is 0 Å². The van der Waals surface area contributed by atoms with Crippen LogP contribution in [0, 0.1) is 6.92 Å². The van der Waals surface area contributed by atoms with E-state index in [2.05, 4.69) is 5.32 Å². The summed E-state index contributed by atoms with van der Waals surface area (Å²) >= 11 is 0. The van der Waals surface area contributed by atoms with Crippen molar-refractivity contribution in [1.82, 2.24) is 5.32 Å². The molecule has 0 aliphatic carbocycles. The third kappa shape index (κ3) is 3.10. The van der Waals surface area contributed by atoms with Gasteiger partial charge in [-0.3, -0.25) is 0 Å². The van der Waals surface area contributed by atoms with Crippen molar-refractivity contribution in [2.45, 2.75) is 36.8 Å². The maximum Gasteiger partial charge on any atom is 0.180 e. The van der Waals surface area contributed by atoms with E-state index in [1.54, 1.807) is 24.3 Å². The molecule has 0 saturated carbocycles.